The Labute approximate surface area is 133 Å². The van der Waals surface area contributed by atoms with Gasteiger partial charge < -0.3 is 19.4 Å². The van der Waals surface area contributed by atoms with Crippen molar-refractivity contribution >= 4 is 0 Å². The predicted molar refractivity (Wildman–Crippen MR) is 89.0 cm³/mol. The maximum Gasteiger partial charge on any atom is 0.119 e. The fourth-order valence-corrected chi connectivity index (χ4v) is 2.28. The maximum atomic E-state index is 5.78. The topological polar surface area (TPSA) is 37.6 Å². The van der Waals surface area contributed by atoms with Crippen molar-refractivity contribution in [3.8, 4) is 5.75 Å². The molecule has 22 heavy (non-hydrogen) atoms. The Morgan fingerprint density at radius 2 is 1.82 bits per heavy atom. The molecule has 2 rings (SSSR count). The third-order valence-electron chi connectivity index (χ3n) is 3.70. The molecule has 120 valence electrons. The first kappa shape index (κ1) is 16.6. The number of hydrogen-bond acceptors (Lipinski definition) is 4. The van der Waals surface area contributed by atoms with Gasteiger partial charge in [-0.15, -0.1) is 0 Å². The number of furan rings is 1. The van der Waals surface area contributed by atoms with Crippen LogP contribution in [-0.4, -0.2) is 31.1 Å². The van der Waals surface area contributed by atoms with Crippen molar-refractivity contribution in [3.63, 3.8) is 0 Å². The summed E-state index contributed by atoms with van der Waals surface area (Å²) >= 11 is 0. The van der Waals surface area contributed by atoms with Crippen LogP contribution in [0, 0.1) is 0 Å². The van der Waals surface area contributed by atoms with E-state index >= 15 is 0 Å². The molecule has 0 radical (unpaired) electrons. The van der Waals surface area contributed by atoms with Crippen molar-refractivity contribution in [2.24, 2.45) is 0 Å². The third-order valence-corrected chi connectivity index (χ3v) is 3.70. The fourth-order valence-electron chi connectivity index (χ4n) is 2.28. The highest BCUT2D eigenvalue weighted by Gasteiger charge is 2.00. The highest BCUT2D eigenvalue weighted by molar-refractivity contribution is 5.27. The lowest BCUT2D eigenvalue weighted by atomic mass is 10.2. The molecular formula is C18H26N2O2. The van der Waals surface area contributed by atoms with Crippen LogP contribution in [0.15, 0.2) is 47.1 Å². The first-order valence-electron chi connectivity index (χ1n) is 7.99. The molecule has 4 heteroatoms. The Hall–Kier alpha value is -1.78. The first-order valence-corrected chi connectivity index (χ1v) is 7.99. The Bertz CT molecular complexity index is 504. The monoisotopic (exact) mass is 302 g/mol. The van der Waals surface area contributed by atoms with Gasteiger partial charge in [0.05, 0.1) is 12.8 Å². The summed E-state index contributed by atoms with van der Waals surface area (Å²) < 4.78 is 11.1. The number of hydrogen-bond donors (Lipinski definition) is 1. The van der Waals surface area contributed by atoms with E-state index in [-0.39, 0.29) is 0 Å². The minimum absolute atomic E-state index is 0.734. The van der Waals surface area contributed by atoms with E-state index in [2.05, 4.69) is 36.2 Å². The van der Waals surface area contributed by atoms with Crippen LogP contribution in [0.5, 0.6) is 5.75 Å². The average Bonchev–Trinajstić information content (AvgIpc) is 3.06. The lowest BCUT2D eigenvalue weighted by molar-refractivity contribution is 0.223. The van der Waals surface area contributed by atoms with Crippen molar-refractivity contribution in [2.75, 3.05) is 26.2 Å². The molecule has 0 atom stereocenters. The van der Waals surface area contributed by atoms with Gasteiger partial charge in [-0.25, -0.2) is 0 Å². The molecular weight excluding hydrogens is 276 g/mol. The van der Waals surface area contributed by atoms with Crippen LogP contribution in [-0.2, 0) is 13.1 Å². The standard InChI is InChI=1S/C18H26N2O2/c1-3-20(4-2)11-13-22-17-9-7-16(8-10-17)14-19-15-18-6-5-12-21-18/h5-10,12,19H,3-4,11,13-15H2,1-2H3. The number of ether oxygens (including phenoxy) is 1. The molecule has 0 saturated carbocycles. The van der Waals surface area contributed by atoms with Crippen LogP contribution in [0.1, 0.15) is 25.2 Å². The minimum Gasteiger partial charge on any atom is -0.492 e. The molecule has 0 amide bonds. The van der Waals surface area contributed by atoms with Crippen LogP contribution in [0.3, 0.4) is 0 Å². The SMILES string of the molecule is CCN(CC)CCOc1ccc(CNCc2ccco2)cc1. The Morgan fingerprint density at radius 3 is 2.45 bits per heavy atom. The van der Waals surface area contributed by atoms with Crippen LogP contribution in [0.4, 0.5) is 0 Å². The number of nitrogens with zero attached hydrogens (tertiary/aromatic N) is 1. The van der Waals surface area contributed by atoms with Crippen molar-refractivity contribution in [3.05, 3.63) is 54.0 Å². The van der Waals surface area contributed by atoms with E-state index in [1.165, 1.54) is 5.56 Å². The van der Waals surface area contributed by atoms with E-state index in [0.29, 0.717) is 0 Å². The van der Waals surface area contributed by atoms with Crippen LogP contribution in [0.25, 0.3) is 0 Å². The molecule has 0 unspecified atom stereocenters. The van der Waals surface area contributed by atoms with Gasteiger partial charge >= 0.3 is 0 Å². The second-order valence-corrected chi connectivity index (χ2v) is 5.20. The smallest absolute Gasteiger partial charge is 0.119 e. The van der Waals surface area contributed by atoms with Gasteiger partial charge in [0.2, 0.25) is 0 Å². The molecule has 4 nitrogen and oxygen atoms in total. The van der Waals surface area contributed by atoms with Crippen LogP contribution in [0.2, 0.25) is 0 Å². The van der Waals surface area contributed by atoms with Gasteiger partial charge in [-0.3, -0.25) is 0 Å². The van der Waals surface area contributed by atoms with E-state index in [0.717, 1.165) is 50.8 Å². The normalized spacial score (nSPS) is 11.0. The lowest BCUT2D eigenvalue weighted by Gasteiger charge is -2.18. The van der Waals surface area contributed by atoms with E-state index < -0.39 is 0 Å². The van der Waals surface area contributed by atoms with Gasteiger partial charge in [0, 0.05) is 13.1 Å². The summed E-state index contributed by atoms with van der Waals surface area (Å²) in [6.45, 7) is 9.76. The molecule has 0 fully saturated rings. The first-order chi connectivity index (χ1) is 10.8. The van der Waals surface area contributed by atoms with Crippen molar-refractivity contribution in [2.45, 2.75) is 26.9 Å². The molecule has 0 aliphatic carbocycles. The molecule has 1 aromatic heterocycles. The molecule has 2 aromatic rings. The zero-order chi connectivity index (χ0) is 15.6. The second kappa shape index (κ2) is 9.28. The molecule has 0 aliphatic rings. The molecule has 1 N–H and O–H groups in total. The predicted octanol–water partition coefficient (Wildman–Crippen LogP) is 3.29. The lowest BCUT2D eigenvalue weighted by Crippen LogP contribution is -2.27. The van der Waals surface area contributed by atoms with Crippen LogP contribution >= 0.6 is 0 Å². The van der Waals surface area contributed by atoms with E-state index in [9.17, 15) is 0 Å². The summed E-state index contributed by atoms with van der Waals surface area (Å²) in [4.78, 5) is 2.35. The molecule has 0 bridgehead atoms. The van der Waals surface area contributed by atoms with Gasteiger partial charge in [-0.1, -0.05) is 26.0 Å². The number of nitrogens with one attached hydrogen (secondary N) is 1. The Balaban J connectivity index is 1.68. The fraction of sp³-hybridized carbons (Fsp3) is 0.444. The Kier molecular flexibility index (Phi) is 7.00. The zero-order valence-electron chi connectivity index (χ0n) is 13.5. The zero-order valence-corrected chi connectivity index (χ0v) is 13.5. The molecule has 1 aromatic carbocycles. The van der Waals surface area contributed by atoms with Gasteiger partial charge in [0.1, 0.15) is 18.1 Å². The summed E-state index contributed by atoms with van der Waals surface area (Å²) in [6, 6.07) is 12.1. The van der Waals surface area contributed by atoms with Gasteiger partial charge in [0.15, 0.2) is 0 Å². The van der Waals surface area contributed by atoms with Crippen molar-refractivity contribution in [1.29, 1.82) is 0 Å². The number of rotatable bonds is 10. The summed E-state index contributed by atoms with van der Waals surface area (Å²) in [5.74, 6) is 1.89. The average molecular weight is 302 g/mol. The van der Waals surface area contributed by atoms with Gasteiger partial charge in [-0.05, 0) is 42.9 Å². The molecule has 0 spiro atoms. The van der Waals surface area contributed by atoms with Crippen molar-refractivity contribution < 1.29 is 9.15 Å². The third kappa shape index (κ3) is 5.54. The molecule has 1 heterocycles. The number of likely N-dealkylation sites (N-methyl/N-ethyl adjacent to an activating group) is 1. The molecule has 0 saturated heterocycles. The Morgan fingerprint density at radius 1 is 1.05 bits per heavy atom. The van der Waals surface area contributed by atoms with Crippen LogP contribution < -0.4 is 10.1 Å². The highest BCUT2D eigenvalue weighted by Crippen LogP contribution is 2.12. The largest absolute Gasteiger partial charge is 0.492 e. The van der Waals surface area contributed by atoms with E-state index in [1.54, 1.807) is 6.26 Å². The summed E-state index contributed by atoms with van der Waals surface area (Å²) in [7, 11) is 0. The van der Waals surface area contributed by atoms with E-state index in [4.69, 9.17) is 9.15 Å². The van der Waals surface area contributed by atoms with Crippen molar-refractivity contribution in [1.82, 2.24) is 10.2 Å². The van der Waals surface area contributed by atoms with E-state index in [1.807, 2.05) is 24.3 Å². The van der Waals surface area contributed by atoms with Gasteiger partial charge in [-0.2, -0.15) is 0 Å². The quantitative estimate of drug-likeness (QED) is 0.731. The maximum absolute atomic E-state index is 5.78. The minimum atomic E-state index is 0.734. The van der Waals surface area contributed by atoms with Gasteiger partial charge in [0.25, 0.3) is 0 Å². The number of benzene rings is 1. The highest BCUT2D eigenvalue weighted by atomic mass is 16.5. The molecule has 0 aliphatic heterocycles. The second-order valence-electron chi connectivity index (χ2n) is 5.20. The summed E-state index contributed by atoms with van der Waals surface area (Å²) in [5, 5.41) is 3.36. The summed E-state index contributed by atoms with van der Waals surface area (Å²) in [6.07, 6.45) is 1.70. The summed E-state index contributed by atoms with van der Waals surface area (Å²) in [5.41, 5.74) is 1.24.